The lowest BCUT2D eigenvalue weighted by Gasteiger charge is -2.35. The monoisotopic (exact) mass is 255 g/mol. The highest BCUT2D eigenvalue weighted by Crippen LogP contribution is 2.17. The maximum absolute atomic E-state index is 12.2. The second-order valence-corrected chi connectivity index (χ2v) is 5.00. The summed E-state index contributed by atoms with van der Waals surface area (Å²) in [6, 6.07) is -0.432. The molecule has 0 aromatic heterocycles. The van der Waals surface area contributed by atoms with E-state index >= 15 is 0 Å². The van der Waals surface area contributed by atoms with E-state index in [9.17, 15) is 9.59 Å². The van der Waals surface area contributed by atoms with Crippen LogP contribution < -0.4 is 10.6 Å². The molecule has 0 aromatic rings. The molecule has 1 aliphatic rings. The van der Waals surface area contributed by atoms with Gasteiger partial charge in [-0.2, -0.15) is 0 Å². The van der Waals surface area contributed by atoms with Crippen LogP contribution in [-0.4, -0.2) is 42.0 Å². The average Bonchev–Trinajstić information content (AvgIpc) is 2.36. The van der Waals surface area contributed by atoms with E-state index in [-0.39, 0.29) is 18.0 Å². The first-order valence-electron chi connectivity index (χ1n) is 6.91. The molecule has 0 aromatic carbocycles. The highest BCUT2D eigenvalue weighted by molar-refractivity contribution is 5.86. The summed E-state index contributed by atoms with van der Waals surface area (Å²) >= 11 is 0. The molecule has 1 heterocycles. The smallest absolute Gasteiger partial charge is 0.315 e. The topological polar surface area (TPSA) is 61.4 Å². The molecule has 18 heavy (non-hydrogen) atoms. The van der Waals surface area contributed by atoms with Crippen molar-refractivity contribution in [1.29, 1.82) is 0 Å². The van der Waals surface area contributed by atoms with E-state index in [1.807, 2.05) is 11.8 Å². The highest BCUT2D eigenvalue weighted by atomic mass is 16.2. The Hall–Kier alpha value is -1.26. The quantitative estimate of drug-likeness (QED) is 0.799. The number of nitrogens with zero attached hydrogens (tertiary/aromatic N) is 1. The summed E-state index contributed by atoms with van der Waals surface area (Å²) in [5, 5.41) is 5.40. The normalized spacial score (nSPS) is 21.3. The molecular weight excluding hydrogens is 230 g/mol. The van der Waals surface area contributed by atoms with Gasteiger partial charge in [-0.15, -0.1) is 0 Å². The van der Waals surface area contributed by atoms with E-state index < -0.39 is 6.04 Å². The predicted molar refractivity (Wildman–Crippen MR) is 71.3 cm³/mol. The SMILES string of the molecule is CCCNC(=O)N[C@@H](C)C(=O)N1CCCC[C@@H]1C. The number of amides is 3. The Morgan fingerprint density at radius 1 is 1.39 bits per heavy atom. The number of carbonyl (C=O) groups is 2. The molecule has 0 unspecified atom stereocenters. The molecule has 0 bridgehead atoms. The Morgan fingerprint density at radius 3 is 2.72 bits per heavy atom. The Kier molecular flexibility index (Phi) is 5.95. The summed E-state index contributed by atoms with van der Waals surface area (Å²) in [4.78, 5) is 25.6. The zero-order valence-electron chi connectivity index (χ0n) is 11.7. The fourth-order valence-corrected chi connectivity index (χ4v) is 2.22. The molecule has 0 radical (unpaired) electrons. The van der Waals surface area contributed by atoms with Crippen molar-refractivity contribution >= 4 is 11.9 Å². The van der Waals surface area contributed by atoms with Crippen LogP contribution in [0.2, 0.25) is 0 Å². The third-order valence-electron chi connectivity index (χ3n) is 3.34. The first kappa shape index (κ1) is 14.8. The van der Waals surface area contributed by atoms with Gasteiger partial charge in [-0.25, -0.2) is 4.79 Å². The van der Waals surface area contributed by atoms with E-state index in [2.05, 4.69) is 17.6 Å². The average molecular weight is 255 g/mol. The molecule has 104 valence electrons. The van der Waals surface area contributed by atoms with Crippen LogP contribution in [0.4, 0.5) is 4.79 Å². The first-order valence-corrected chi connectivity index (χ1v) is 6.91. The van der Waals surface area contributed by atoms with Gasteiger partial charge in [0.2, 0.25) is 5.91 Å². The molecule has 0 saturated carbocycles. The summed E-state index contributed by atoms with van der Waals surface area (Å²) in [6.45, 7) is 7.25. The van der Waals surface area contributed by atoms with E-state index in [1.54, 1.807) is 6.92 Å². The molecule has 2 N–H and O–H groups in total. The fourth-order valence-electron chi connectivity index (χ4n) is 2.22. The first-order chi connectivity index (χ1) is 8.56. The standard InChI is InChI=1S/C13H25N3O2/c1-4-8-14-13(18)15-11(3)12(17)16-9-6-5-7-10(16)2/h10-11H,4-9H2,1-3H3,(H2,14,15,18)/t10-,11-/m0/s1. The van der Waals surface area contributed by atoms with Crippen LogP contribution in [0.1, 0.15) is 46.5 Å². The molecule has 5 heteroatoms. The van der Waals surface area contributed by atoms with Gasteiger partial charge in [0.25, 0.3) is 0 Å². The third-order valence-corrected chi connectivity index (χ3v) is 3.34. The van der Waals surface area contributed by atoms with E-state index in [0.29, 0.717) is 6.54 Å². The summed E-state index contributed by atoms with van der Waals surface area (Å²) in [5.41, 5.74) is 0. The number of hydrogen-bond donors (Lipinski definition) is 2. The Balaban J connectivity index is 2.42. The van der Waals surface area contributed by atoms with Crippen LogP contribution in [-0.2, 0) is 4.79 Å². The lowest BCUT2D eigenvalue weighted by Crippen LogP contribution is -2.53. The molecule has 0 aliphatic carbocycles. The predicted octanol–water partition coefficient (Wildman–Crippen LogP) is 1.49. The molecule has 5 nitrogen and oxygen atoms in total. The maximum atomic E-state index is 12.2. The van der Waals surface area contributed by atoms with Crippen molar-refractivity contribution < 1.29 is 9.59 Å². The molecule has 1 rings (SSSR count). The molecule has 1 aliphatic heterocycles. The number of nitrogens with one attached hydrogen (secondary N) is 2. The number of hydrogen-bond acceptors (Lipinski definition) is 2. The van der Waals surface area contributed by atoms with Crippen molar-refractivity contribution in [2.75, 3.05) is 13.1 Å². The lowest BCUT2D eigenvalue weighted by atomic mass is 10.0. The third kappa shape index (κ3) is 4.20. The van der Waals surface area contributed by atoms with Crippen LogP contribution >= 0.6 is 0 Å². The minimum Gasteiger partial charge on any atom is -0.338 e. The van der Waals surface area contributed by atoms with Gasteiger partial charge in [0.1, 0.15) is 6.04 Å². The number of urea groups is 1. The van der Waals surface area contributed by atoms with Crippen LogP contribution in [0.3, 0.4) is 0 Å². The van der Waals surface area contributed by atoms with Crippen LogP contribution in [0.5, 0.6) is 0 Å². The fraction of sp³-hybridized carbons (Fsp3) is 0.846. The van der Waals surface area contributed by atoms with E-state index in [1.165, 1.54) is 6.42 Å². The second-order valence-electron chi connectivity index (χ2n) is 5.00. The van der Waals surface area contributed by atoms with Gasteiger partial charge in [0, 0.05) is 19.1 Å². The van der Waals surface area contributed by atoms with Crippen molar-refractivity contribution in [3.8, 4) is 0 Å². The van der Waals surface area contributed by atoms with Gasteiger partial charge in [0.05, 0.1) is 0 Å². The number of piperidine rings is 1. The molecular formula is C13H25N3O2. The Bertz CT molecular complexity index is 294. The van der Waals surface area contributed by atoms with Crippen LogP contribution in [0, 0.1) is 0 Å². The van der Waals surface area contributed by atoms with E-state index in [4.69, 9.17) is 0 Å². The molecule has 2 atom stereocenters. The van der Waals surface area contributed by atoms with Crippen molar-refractivity contribution in [1.82, 2.24) is 15.5 Å². The zero-order valence-corrected chi connectivity index (χ0v) is 11.7. The zero-order chi connectivity index (χ0) is 13.5. The van der Waals surface area contributed by atoms with Gasteiger partial charge in [-0.1, -0.05) is 6.92 Å². The summed E-state index contributed by atoms with van der Waals surface area (Å²) in [7, 11) is 0. The Morgan fingerprint density at radius 2 is 2.11 bits per heavy atom. The number of carbonyl (C=O) groups excluding carboxylic acids is 2. The summed E-state index contributed by atoms with van der Waals surface area (Å²) in [5.74, 6) is 0.0221. The van der Waals surface area contributed by atoms with Crippen molar-refractivity contribution in [2.24, 2.45) is 0 Å². The lowest BCUT2D eigenvalue weighted by molar-refractivity contribution is -0.136. The molecule has 1 fully saturated rings. The van der Waals surface area contributed by atoms with E-state index in [0.717, 1.165) is 25.8 Å². The highest BCUT2D eigenvalue weighted by Gasteiger charge is 2.27. The second kappa shape index (κ2) is 7.24. The molecule has 3 amide bonds. The van der Waals surface area contributed by atoms with Gasteiger partial charge in [-0.05, 0) is 39.5 Å². The van der Waals surface area contributed by atoms with Crippen molar-refractivity contribution in [3.63, 3.8) is 0 Å². The van der Waals surface area contributed by atoms with Gasteiger partial charge >= 0.3 is 6.03 Å². The summed E-state index contributed by atoms with van der Waals surface area (Å²) < 4.78 is 0. The largest absolute Gasteiger partial charge is 0.338 e. The van der Waals surface area contributed by atoms with Crippen molar-refractivity contribution in [2.45, 2.75) is 58.5 Å². The molecule has 0 spiro atoms. The van der Waals surface area contributed by atoms with Crippen LogP contribution in [0.25, 0.3) is 0 Å². The van der Waals surface area contributed by atoms with Gasteiger partial charge in [-0.3, -0.25) is 4.79 Å². The maximum Gasteiger partial charge on any atom is 0.315 e. The van der Waals surface area contributed by atoms with Gasteiger partial charge in [0.15, 0.2) is 0 Å². The van der Waals surface area contributed by atoms with Crippen molar-refractivity contribution in [3.05, 3.63) is 0 Å². The Labute approximate surface area is 109 Å². The molecule has 1 saturated heterocycles. The number of rotatable bonds is 4. The van der Waals surface area contributed by atoms with Crippen LogP contribution in [0.15, 0.2) is 0 Å². The van der Waals surface area contributed by atoms with Gasteiger partial charge < -0.3 is 15.5 Å². The summed E-state index contributed by atoms with van der Waals surface area (Å²) in [6.07, 6.45) is 4.19. The minimum absolute atomic E-state index is 0.0221. The number of likely N-dealkylation sites (tertiary alicyclic amines) is 1. The minimum atomic E-state index is -0.456.